The molecule has 0 aliphatic rings. The molecular formula is C24H36N4O4. The van der Waals surface area contributed by atoms with E-state index in [1.54, 1.807) is 26.8 Å². The van der Waals surface area contributed by atoms with Crippen LogP contribution in [0.5, 0.6) is 0 Å². The third-order valence-electron chi connectivity index (χ3n) is 4.96. The van der Waals surface area contributed by atoms with Crippen LogP contribution < -0.4 is 10.6 Å². The van der Waals surface area contributed by atoms with E-state index in [0.29, 0.717) is 5.56 Å². The topological polar surface area (TPSA) is 112 Å². The van der Waals surface area contributed by atoms with Crippen molar-refractivity contribution in [2.75, 3.05) is 13.1 Å². The Hall–Kier alpha value is -3.08. The lowest BCUT2D eigenvalue weighted by atomic mass is 9.95. The Labute approximate surface area is 191 Å². The molecule has 2 atom stereocenters. The molecule has 8 heteroatoms. The highest BCUT2D eigenvalue weighted by atomic mass is 16.6. The van der Waals surface area contributed by atoms with Crippen molar-refractivity contribution in [2.45, 2.75) is 79.0 Å². The molecule has 1 rings (SSSR count). The Morgan fingerprint density at radius 2 is 1.88 bits per heavy atom. The summed E-state index contributed by atoms with van der Waals surface area (Å²) < 4.78 is 5.17. The SMILES string of the molecule is CCCC(C)NC(=O)C(c1cccc(C)c1C)N(CC#N)C(=O)CNC(=O)OC(C)(C)C. The quantitative estimate of drug-likeness (QED) is 0.566. The summed E-state index contributed by atoms with van der Waals surface area (Å²) in [7, 11) is 0. The van der Waals surface area contributed by atoms with Gasteiger partial charge in [-0.3, -0.25) is 9.59 Å². The second kappa shape index (κ2) is 12.1. The molecule has 0 spiro atoms. The monoisotopic (exact) mass is 444 g/mol. The van der Waals surface area contributed by atoms with E-state index in [1.165, 1.54) is 4.90 Å². The molecule has 0 heterocycles. The van der Waals surface area contributed by atoms with Crippen molar-refractivity contribution < 1.29 is 19.1 Å². The van der Waals surface area contributed by atoms with E-state index in [-0.39, 0.29) is 18.5 Å². The Kier molecular flexibility index (Phi) is 10.2. The van der Waals surface area contributed by atoms with Crippen LogP contribution in [0.1, 0.15) is 70.2 Å². The van der Waals surface area contributed by atoms with Gasteiger partial charge in [0, 0.05) is 6.04 Å². The molecule has 2 unspecified atom stereocenters. The maximum absolute atomic E-state index is 13.3. The molecule has 0 aliphatic heterocycles. The highest BCUT2D eigenvalue weighted by Crippen LogP contribution is 2.26. The minimum Gasteiger partial charge on any atom is -0.444 e. The molecule has 32 heavy (non-hydrogen) atoms. The predicted octanol–water partition coefficient (Wildman–Crippen LogP) is 3.53. The Bertz CT molecular complexity index is 855. The largest absolute Gasteiger partial charge is 0.444 e. The number of benzene rings is 1. The summed E-state index contributed by atoms with van der Waals surface area (Å²) in [4.78, 5) is 39.6. The van der Waals surface area contributed by atoms with Crippen molar-refractivity contribution in [3.05, 3.63) is 34.9 Å². The number of carbonyl (C=O) groups is 3. The van der Waals surface area contributed by atoms with Crippen molar-refractivity contribution in [3.8, 4) is 6.07 Å². The van der Waals surface area contributed by atoms with Gasteiger partial charge in [-0.1, -0.05) is 31.5 Å². The van der Waals surface area contributed by atoms with Gasteiger partial charge in [-0.25, -0.2) is 4.79 Å². The van der Waals surface area contributed by atoms with Gasteiger partial charge in [0.1, 0.15) is 24.7 Å². The second-order valence-electron chi connectivity index (χ2n) is 8.93. The standard InChI is InChI=1S/C24H36N4O4/c1-8-10-17(3)27-22(30)21(19-12-9-11-16(2)18(19)4)28(14-13-25)20(29)15-26-23(31)32-24(5,6)7/h9,11-12,17,21H,8,10,14-15H2,1-7H3,(H,26,31)(H,27,30). The molecule has 0 saturated carbocycles. The molecule has 2 N–H and O–H groups in total. The van der Waals surface area contributed by atoms with Gasteiger partial charge in [0.15, 0.2) is 0 Å². The zero-order valence-electron chi connectivity index (χ0n) is 20.2. The number of nitriles is 1. The number of hydrogen-bond acceptors (Lipinski definition) is 5. The van der Waals surface area contributed by atoms with Crippen LogP contribution in [0.3, 0.4) is 0 Å². The highest BCUT2D eigenvalue weighted by Gasteiger charge is 2.33. The summed E-state index contributed by atoms with van der Waals surface area (Å²) in [6.45, 7) is 12.2. The fourth-order valence-electron chi connectivity index (χ4n) is 3.31. The lowest BCUT2D eigenvalue weighted by Crippen LogP contribution is -2.49. The molecule has 0 bridgehead atoms. The molecule has 8 nitrogen and oxygen atoms in total. The van der Waals surface area contributed by atoms with E-state index in [1.807, 2.05) is 45.9 Å². The fraction of sp³-hybridized carbons (Fsp3) is 0.583. The second-order valence-corrected chi connectivity index (χ2v) is 8.93. The molecule has 0 aliphatic carbocycles. The maximum atomic E-state index is 13.3. The molecule has 3 amide bonds. The summed E-state index contributed by atoms with van der Waals surface area (Å²) in [5.74, 6) is -0.915. The first-order valence-corrected chi connectivity index (χ1v) is 10.9. The number of carbonyl (C=O) groups excluding carboxylic acids is 3. The minimum absolute atomic E-state index is 0.0842. The summed E-state index contributed by atoms with van der Waals surface area (Å²) in [6, 6.07) is 6.42. The van der Waals surface area contributed by atoms with E-state index in [4.69, 9.17) is 4.74 Å². The Morgan fingerprint density at radius 3 is 2.44 bits per heavy atom. The molecule has 0 aromatic heterocycles. The van der Waals surface area contributed by atoms with Gasteiger partial charge < -0.3 is 20.3 Å². The van der Waals surface area contributed by atoms with Crippen LogP contribution in [-0.2, 0) is 14.3 Å². The normalized spacial score (nSPS) is 12.8. The number of rotatable bonds is 9. The first-order chi connectivity index (χ1) is 14.9. The van der Waals surface area contributed by atoms with Gasteiger partial charge in [-0.15, -0.1) is 0 Å². The number of ether oxygens (including phenoxy) is 1. The summed E-state index contributed by atoms with van der Waals surface area (Å²) in [6.07, 6.45) is 0.945. The smallest absolute Gasteiger partial charge is 0.408 e. The van der Waals surface area contributed by atoms with Crippen LogP contribution >= 0.6 is 0 Å². The lowest BCUT2D eigenvalue weighted by molar-refractivity contribution is -0.139. The van der Waals surface area contributed by atoms with E-state index in [9.17, 15) is 19.6 Å². The van der Waals surface area contributed by atoms with Crippen LogP contribution in [0.15, 0.2) is 18.2 Å². The lowest BCUT2D eigenvalue weighted by Gasteiger charge is -2.32. The predicted molar refractivity (Wildman–Crippen MR) is 123 cm³/mol. The first-order valence-electron chi connectivity index (χ1n) is 10.9. The Morgan fingerprint density at radius 1 is 1.22 bits per heavy atom. The Balaban J connectivity index is 3.25. The first kappa shape index (κ1) is 27.0. The molecule has 0 saturated heterocycles. The van der Waals surface area contributed by atoms with Crippen LogP contribution in [-0.4, -0.2) is 47.5 Å². The van der Waals surface area contributed by atoms with Gasteiger partial charge in [0.25, 0.3) is 0 Å². The third kappa shape index (κ3) is 8.22. The fourth-order valence-corrected chi connectivity index (χ4v) is 3.31. The van der Waals surface area contributed by atoms with Crippen molar-refractivity contribution in [3.63, 3.8) is 0 Å². The molecule has 176 valence electrons. The van der Waals surface area contributed by atoms with E-state index < -0.39 is 30.2 Å². The number of nitrogens with zero attached hydrogens (tertiary/aromatic N) is 2. The molecule has 0 radical (unpaired) electrons. The highest BCUT2D eigenvalue weighted by molar-refractivity contribution is 5.91. The number of aryl methyl sites for hydroxylation is 1. The average molecular weight is 445 g/mol. The minimum atomic E-state index is -0.998. The van der Waals surface area contributed by atoms with E-state index in [0.717, 1.165) is 24.0 Å². The summed E-state index contributed by atoms with van der Waals surface area (Å²) >= 11 is 0. The van der Waals surface area contributed by atoms with Crippen LogP contribution in [0.25, 0.3) is 0 Å². The molecule has 1 aromatic carbocycles. The molecular weight excluding hydrogens is 408 g/mol. The van der Waals surface area contributed by atoms with E-state index in [2.05, 4.69) is 10.6 Å². The van der Waals surface area contributed by atoms with Crippen LogP contribution in [0, 0.1) is 25.2 Å². The zero-order valence-corrected chi connectivity index (χ0v) is 20.2. The number of nitrogens with one attached hydrogen (secondary N) is 2. The summed E-state index contributed by atoms with van der Waals surface area (Å²) in [5, 5.41) is 14.8. The number of alkyl carbamates (subject to hydrolysis) is 1. The van der Waals surface area contributed by atoms with Crippen molar-refractivity contribution in [2.24, 2.45) is 0 Å². The van der Waals surface area contributed by atoms with Crippen molar-refractivity contribution in [1.82, 2.24) is 15.5 Å². The van der Waals surface area contributed by atoms with Gasteiger partial charge in [0.2, 0.25) is 11.8 Å². The number of amides is 3. The van der Waals surface area contributed by atoms with Crippen LogP contribution in [0.2, 0.25) is 0 Å². The third-order valence-corrected chi connectivity index (χ3v) is 4.96. The zero-order chi connectivity index (χ0) is 24.5. The maximum Gasteiger partial charge on any atom is 0.408 e. The molecule has 1 aromatic rings. The average Bonchev–Trinajstić information content (AvgIpc) is 2.67. The van der Waals surface area contributed by atoms with E-state index >= 15 is 0 Å². The molecule has 0 fully saturated rings. The van der Waals surface area contributed by atoms with Gasteiger partial charge >= 0.3 is 6.09 Å². The summed E-state index contributed by atoms with van der Waals surface area (Å²) in [5.41, 5.74) is 1.77. The van der Waals surface area contributed by atoms with Crippen LogP contribution in [0.4, 0.5) is 4.79 Å². The van der Waals surface area contributed by atoms with Gasteiger partial charge in [0.05, 0.1) is 6.07 Å². The number of hydrogen-bond donors (Lipinski definition) is 2. The van der Waals surface area contributed by atoms with Crippen molar-refractivity contribution >= 4 is 17.9 Å². The van der Waals surface area contributed by atoms with Gasteiger partial charge in [-0.2, -0.15) is 5.26 Å². The van der Waals surface area contributed by atoms with Crippen molar-refractivity contribution in [1.29, 1.82) is 5.26 Å². The van der Waals surface area contributed by atoms with Gasteiger partial charge in [-0.05, 0) is 64.7 Å².